The lowest BCUT2D eigenvalue weighted by atomic mass is 10.1. The summed E-state index contributed by atoms with van der Waals surface area (Å²) in [7, 11) is 0. The number of halogens is 3. The van der Waals surface area contributed by atoms with Crippen molar-refractivity contribution < 1.29 is 18.6 Å². The molecule has 146 valence electrons. The van der Waals surface area contributed by atoms with E-state index in [2.05, 4.69) is 36.3 Å². The molecule has 0 aliphatic heterocycles. The topological polar surface area (TPSA) is 65.9 Å². The molecule has 8 heteroatoms. The summed E-state index contributed by atoms with van der Waals surface area (Å²) in [5, 5.41) is 16.5. The molecule has 1 unspecified atom stereocenters. The molecule has 0 fully saturated rings. The molecule has 5 nitrogen and oxygen atoms in total. The highest BCUT2D eigenvalue weighted by Crippen LogP contribution is 2.19. The molecule has 0 saturated carbocycles. The molecule has 0 heterocycles. The molecule has 2 rings (SSSR count). The van der Waals surface area contributed by atoms with E-state index >= 15 is 0 Å². The SMILES string of the molecule is CCNC(=NCc1cccc(Br)c1)NCC(O)c1ccc(OC(F)F)cc1. The maximum absolute atomic E-state index is 12.2. The van der Waals surface area contributed by atoms with Crippen LogP contribution >= 0.6 is 15.9 Å². The van der Waals surface area contributed by atoms with Crippen LogP contribution in [0, 0.1) is 0 Å². The first-order valence-electron chi connectivity index (χ1n) is 8.47. The van der Waals surface area contributed by atoms with Crippen LogP contribution in [0.1, 0.15) is 24.2 Å². The second kappa shape index (κ2) is 10.8. The zero-order valence-electron chi connectivity index (χ0n) is 14.8. The van der Waals surface area contributed by atoms with Gasteiger partial charge in [0, 0.05) is 17.6 Å². The molecule has 0 amide bonds. The Hall–Kier alpha value is -2.19. The van der Waals surface area contributed by atoms with E-state index in [1.165, 1.54) is 12.1 Å². The molecular weight excluding hydrogens is 420 g/mol. The van der Waals surface area contributed by atoms with Gasteiger partial charge in [-0.25, -0.2) is 4.99 Å². The molecule has 0 aliphatic rings. The molecule has 0 spiro atoms. The minimum atomic E-state index is -2.87. The summed E-state index contributed by atoms with van der Waals surface area (Å²) in [6.07, 6.45) is -0.819. The molecule has 0 aliphatic carbocycles. The van der Waals surface area contributed by atoms with Gasteiger partial charge in [0.1, 0.15) is 5.75 Å². The number of aliphatic hydroxyl groups is 1. The molecule has 1 atom stereocenters. The first-order valence-corrected chi connectivity index (χ1v) is 9.26. The fraction of sp³-hybridized carbons (Fsp3) is 0.316. The standard InChI is InChI=1S/C19H22BrF2N3O2/c1-2-23-19(24-11-13-4-3-5-15(20)10-13)25-12-17(26)14-6-8-16(9-7-14)27-18(21)22/h3-10,17-18,26H,2,11-12H2,1H3,(H2,23,24,25). The maximum Gasteiger partial charge on any atom is 0.387 e. The van der Waals surface area contributed by atoms with Gasteiger partial charge in [0.15, 0.2) is 5.96 Å². The lowest BCUT2D eigenvalue weighted by molar-refractivity contribution is -0.0498. The van der Waals surface area contributed by atoms with Crippen molar-refractivity contribution in [3.05, 3.63) is 64.1 Å². The van der Waals surface area contributed by atoms with E-state index in [0.717, 1.165) is 10.0 Å². The minimum absolute atomic E-state index is 0.0535. The summed E-state index contributed by atoms with van der Waals surface area (Å²) >= 11 is 3.43. The Labute approximate surface area is 165 Å². The number of aliphatic hydroxyl groups excluding tert-OH is 1. The van der Waals surface area contributed by atoms with Crippen LogP contribution in [-0.4, -0.2) is 30.8 Å². The predicted octanol–water partition coefficient (Wildman–Crippen LogP) is 3.84. The number of rotatable bonds is 8. The fourth-order valence-electron chi connectivity index (χ4n) is 2.33. The Morgan fingerprint density at radius 3 is 2.56 bits per heavy atom. The van der Waals surface area contributed by atoms with Crippen LogP contribution in [-0.2, 0) is 6.54 Å². The van der Waals surface area contributed by atoms with Crippen molar-refractivity contribution in [3.8, 4) is 5.75 Å². The van der Waals surface area contributed by atoms with Crippen LogP contribution in [0.5, 0.6) is 5.75 Å². The summed E-state index contributed by atoms with van der Waals surface area (Å²) < 4.78 is 29.6. The molecule has 27 heavy (non-hydrogen) atoms. The molecular formula is C19H22BrF2N3O2. The second-order valence-corrected chi connectivity index (χ2v) is 6.58. The number of hydrogen-bond donors (Lipinski definition) is 3. The number of hydrogen-bond acceptors (Lipinski definition) is 3. The van der Waals surface area contributed by atoms with Crippen molar-refractivity contribution in [2.45, 2.75) is 26.2 Å². The van der Waals surface area contributed by atoms with E-state index in [-0.39, 0.29) is 12.3 Å². The van der Waals surface area contributed by atoms with Crippen LogP contribution in [0.3, 0.4) is 0 Å². The first-order chi connectivity index (χ1) is 13.0. The van der Waals surface area contributed by atoms with E-state index in [1.807, 2.05) is 31.2 Å². The van der Waals surface area contributed by atoms with Gasteiger partial charge < -0.3 is 20.5 Å². The molecule has 2 aromatic rings. The average molecular weight is 442 g/mol. The molecule has 3 N–H and O–H groups in total. The van der Waals surface area contributed by atoms with Gasteiger partial charge >= 0.3 is 6.61 Å². The summed E-state index contributed by atoms with van der Waals surface area (Å²) in [6, 6.07) is 13.8. The number of alkyl halides is 2. The van der Waals surface area contributed by atoms with E-state index in [9.17, 15) is 13.9 Å². The quantitative estimate of drug-likeness (QED) is 0.430. The van der Waals surface area contributed by atoms with Gasteiger partial charge in [-0.15, -0.1) is 0 Å². The van der Waals surface area contributed by atoms with Crippen molar-refractivity contribution >= 4 is 21.9 Å². The van der Waals surface area contributed by atoms with Gasteiger partial charge in [-0.3, -0.25) is 0 Å². The Bertz CT molecular complexity index is 742. The maximum atomic E-state index is 12.2. The Morgan fingerprint density at radius 2 is 1.93 bits per heavy atom. The first kappa shape index (κ1) is 21.1. The summed E-state index contributed by atoms with van der Waals surface area (Å²) in [5.41, 5.74) is 1.64. The van der Waals surface area contributed by atoms with Crippen molar-refractivity contribution in [2.75, 3.05) is 13.1 Å². The summed E-state index contributed by atoms with van der Waals surface area (Å²) in [5.74, 6) is 0.631. The van der Waals surface area contributed by atoms with Gasteiger partial charge in [-0.2, -0.15) is 8.78 Å². The number of ether oxygens (including phenoxy) is 1. The third kappa shape index (κ3) is 7.52. The van der Waals surface area contributed by atoms with Crippen LogP contribution in [0.4, 0.5) is 8.78 Å². The number of nitrogens with zero attached hydrogens (tertiary/aromatic N) is 1. The Kier molecular flexibility index (Phi) is 8.47. The highest BCUT2D eigenvalue weighted by atomic mass is 79.9. The molecule has 0 saturated heterocycles. The fourth-order valence-corrected chi connectivity index (χ4v) is 2.78. The zero-order chi connectivity index (χ0) is 19.6. The number of nitrogens with one attached hydrogen (secondary N) is 2. The number of benzene rings is 2. The highest BCUT2D eigenvalue weighted by molar-refractivity contribution is 9.10. The molecule has 0 aromatic heterocycles. The number of guanidine groups is 1. The van der Waals surface area contributed by atoms with E-state index in [1.54, 1.807) is 12.1 Å². The lowest BCUT2D eigenvalue weighted by Gasteiger charge is -2.16. The smallest absolute Gasteiger partial charge is 0.387 e. The van der Waals surface area contributed by atoms with Crippen molar-refractivity contribution in [1.29, 1.82) is 0 Å². The molecule has 2 aromatic carbocycles. The van der Waals surface area contributed by atoms with E-state index < -0.39 is 12.7 Å². The van der Waals surface area contributed by atoms with Gasteiger partial charge in [0.2, 0.25) is 0 Å². The largest absolute Gasteiger partial charge is 0.435 e. The van der Waals surface area contributed by atoms with Crippen LogP contribution in [0.2, 0.25) is 0 Å². The predicted molar refractivity (Wildman–Crippen MR) is 105 cm³/mol. The second-order valence-electron chi connectivity index (χ2n) is 5.67. The van der Waals surface area contributed by atoms with E-state index in [4.69, 9.17) is 0 Å². The Balaban J connectivity index is 1.92. The molecule has 0 radical (unpaired) electrons. The summed E-state index contributed by atoms with van der Waals surface area (Å²) in [4.78, 5) is 4.50. The highest BCUT2D eigenvalue weighted by Gasteiger charge is 2.10. The van der Waals surface area contributed by atoms with Gasteiger partial charge in [-0.05, 0) is 42.3 Å². The average Bonchev–Trinajstić information content (AvgIpc) is 2.64. The monoisotopic (exact) mass is 441 g/mol. The van der Waals surface area contributed by atoms with Crippen LogP contribution in [0.15, 0.2) is 58.0 Å². The van der Waals surface area contributed by atoms with E-state index in [0.29, 0.717) is 24.6 Å². The van der Waals surface area contributed by atoms with Crippen LogP contribution in [0.25, 0.3) is 0 Å². The third-order valence-corrected chi connectivity index (χ3v) is 4.10. The third-order valence-electron chi connectivity index (χ3n) is 3.61. The van der Waals surface area contributed by atoms with Crippen LogP contribution < -0.4 is 15.4 Å². The summed E-state index contributed by atoms with van der Waals surface area (Å²) in [6.45, 7) is 0.477. The lowest BCUT2D eigenvalue weighted by Crippen LogP contribution is -2.39. The van der Waals surface area contributed by atoms with Gasteiger partial charge in [-0.1, -0.05) is 40.2 Å². The van der Waals surface area contributed by atoms with Crippen molar-refractivity contribution in [1.82, 2.24) is 10.6 Å². The van der Waals surface area contributed by atoms with Crippen molar-refractivity contribution in [2.24, 2.45) is 4.99 Å². The Morgan fingerprint density at radius 1 is 1.19 bits per heavy atom. The van der Waals surface area contributed by atoms with Gasteiger partial charge in [0.25, 0.3) is 0 Å². The number of aliphatic imine (C=N–C) groups is 1. The van der Waals surface area contributed by atoms with Crippen molar-refractivity contribution in [3.63, 3.8) is 0 Å². The molecule has 0 bridgehead atoms. The minimum Gasteiger partial charge on any atom is -0.435 e. The zero-order valence-corrected chi connectivity index (χ0v) is 16.4. The normalized spacial score (nSPS) is 12.7. The van der Waals surface area contributed by atoms with Gasteiger partial charge in [0.05, 0.1) is 12.6 Å².